The molecule has 2 aromatic carbocycles. The SMILES string of the molecule is COc1c(O)c(C(CCC(=O)N2CCSCC2)c2ccccc2)c(C)c(OC(=O)c2ccncc2)c1OC. The maximum absolute atomic E-state index is 13.1. The zero-order valence-corrected chi connectivity index (χ0v) is 22.6. The summed E-state index contributed by atoms with van der Waals surface area (Å²) in [7, 11) is 2.84. The van der Waals surface area contributed by atoms with Crippen molar-refractivity contribution in [1.82, 2.24) is 9.88 Å². The first kappa shape index (κ1) is 27.3. The minimum absolute atomic E-state index is 0.0611. The number of aromatic hydroxyl groups is 1. The highest BCUT2D eigenvalue weighted by Crippen LogP contribution is 2.53. The topological polar surface area (TPSA) is 98.2 Å². The molecule has 0 aliphatic carbocycles. The summed E-state index contributed by atoms with van der Waals surface area (Å²) in [6, 6.07) is 12.8. The number of aromatic nitrogens is 1. The molecule has 0 bridgehead atoms. The Morgan fingerprint density at radius 3 is 2.29 bits per heavy atom. The molecule has 1 amide bonds. The van der Waals surface area contributed by atoms with Gasteiger partial charge in [-0.1, -0.05) is 30.3 Å². The largest absolute Gasteiger partial charge is 0.504 e. The molecule has 1 N–H and O–H groups in total. The molecule has 3 aromatic rings. The third-order valence-electron chi connectivity index (χ3n) is 6.71. The number of hydrogen-bond acceptors (Lipinski definition) is 8. The standard InChI is InChI=1S/C29H32N2O6S/c1-19-24(22(20-7-5-4-6-8-20)9-10-23(32)31-15-17-38-18-16-31)25(33)27(35-2)28(36-3)26(19)37-29(34)21-11-13-30-14-12-21/h4-8,11-14,22,33H,9-10,15-18H2,1-3H3. The van der Waals surface area contributed by atoms with E-state index in [0.717, 1.165) is 30.2 Å². The first-order valence-electron chi connectivity index (χ1n) is 12.5. The van der Waals surface area contributed by atoms with Crippen LogP contribution in [0.25, 0.3) is 0 Å². The number of amides is 1. The second-order valence-electron chi connectivity index (χ2n) is 8.90. The van der Waals surface area contributed by atoms with Crippen LogP contribution in [0.4, 0.5) is 0 Å². The molecule has 1 aliphatic heterocycles. The van der Waals surface area contributed by atoms with Gasteiger partial charge in [-0.3, -0.25) is 9.78 Å². The van der Waals surface area contributed by atoms with E-state index in [4.69, 9.17) is 14.2 Å². The van der Waals surface area contributed by atoms with Crippen molar-refractivity contribution < 1.29 is 28.9 Å². The average molecular weight is 537 g/mol. The molecule has 1 fully saturated rings. The van der Waals surface area contributed by atoms with Crippen LogP contribution in [0.5, 0.6) is 23.0 Å². The molecule has 200 valence electrons. The summed E-state index contributed by atoms with van der Waals surface area (Å²) in [6.07, 6.45) is 3.78. The lowest BCUT2D eigenvalue weighted by Crippen LogP contribution is -2.37. The Morgan fingerprint density at radius 2 is 1.66 bits per heavy atom. The van der Waals surface area contributed by atoms with Crippen LogP contribution in [0.1, 0.15) is 45.8 Å². The highest BCUT2D eigenvalue weighted by atomic mass is 32.2. The van der Waals surface area contributed by atoms with Crippen LogP contribution in [-0.2, 0) is 4.79 Å². The number of nitrogens with zero attached hydrogens (tertiary/aromatic N) is 2. The molecule has 1 aromatic heterocycles. The summed E-state index contributed by atoms with van der Waals surface area (Å²) in [4.78, 5) is 31.9. The van der Waals surface area contributed by atoms with E-state index in [2.05, 4.69) is 4.98 Å². The van der Waals surface area contributed by atoms with E-state index in [-0.39, 0.29) is 34.8 Å². The van der Waals surface area contributed by atoms with Gasteiger partial charge in [0.2, 0.25) is 17.4 Å². The summed E-state index contributed by atoms with van der Waals surface area (Å²) < 4.78 is 16.9. The van der Waals surface area contributed by atoms with Crippen molar-refractivity contribution in [2.75, 3.05) is 38.8 Å². The van der Waals surface area contributed by atoms with E-state index in [9.17, 15) is 14.7 Å². The maximum atomic E-state index is 13.1. The van der Waals surface area contributed by atoms with Gasteiger partial charge in [-0.25, -0.2) is 4.79 Å². The van der Waals surface area contributed by atoms with Crippen LogP contribution < -0.4 is 14.2 Å². The van der Waals surface area contributed by atoms with Crippen molar-refractivity contribution in [3.63, 3.8) is 0 Å². The molecule has 0 radical (unpaired) electrons. The van der Waals surface area contributed by atoms with Crippen molar-refractivity contribution in [1.29, 1.82) is 0 Å². The molecule has 2 heterocycles. The molecule has 38 heavy (non-hydrogen) atoms. The Balaban J connectivity index is 1.77. The number of thioether (sulfide) groups is 1. The number of rotatable bonds is 9. The van der Waals surface area contributed by atoms with Gasteiger partial charge in [-0.15, -0.1) is 0 Å². The number of phenols is 1. The molecule has 0 spiro atoms. The lowest BCUT2D eigenvalue weighted by molar-refractivity contribution is -0.131. The molecular weight excluding hydrogens is 504 g/mol. The molecule has 1 saturated heterocycles. The quantitative estimate of drug-likeness (QED) is 0.307. The fourth-order valence-electron chi connectivity index (χ4n) is 4.77. The molecule has 8 nitrogen and oxygen atoms in total. The zero-order chi connectivity index (χ0) is 27.1. The van der Waals surface area contributed by atoms with Gasteiger partial charge in [-0.2, -0.15) is 11.8 Å². The maximum Gasteiger partial charge on any atom is 0.343 e. The minimum Gasteiger partial charge on any atom is -0.504 e. The van der Waals surface area contributed by atoms with Gasteiger partial charge < -0.3 is 24.2 Å². The molecule has 9 heteroatoms. The molecule has 1 atom stereocenters. The number of esters is 1. The minimum atomic E-state index is -0.595. The fraction of sp³-hybridized carbons (Fsp3) is 0.345. The van der Waals surface area contributed by atoms with Crippen LogP contribution in [0.15, 0.2) is 54.9 Å². The Labute approximate surface area is 226 Å². The lowest BCUT2D eigenvalue weighted by Gasteiger charge is -2.28. The van der Waals surface area contributed by atoms with Crippen LogP contribution in [0, 0.1) is 6.92 Å². The second-order valence-corrected chi connectivity index (χ2v) is 10.1. The average Bonchev–Trinajstić information content (AvgIpc) is 2.97. The third-order valence-corrected chi connectivity index (χ3v) is 7.65. The Morgan fingerprint density at radius 1 is 1.00 bits per heavy atom. The van der Waals surface area contributed by atoms with Gasteiger partial charge in [-0.05, 0) is 31.0 Å². The monoisotopic (exact) mass is 536 g/mol. The number of ether oxygens (including phenoxy) is 3. The van der Waals surface area contributed by atoms with Crippen LogP contribution in [0.3, 0.4) is 0 Å². The first-order valence-corrected chi connectivity index (χ1v) is 13.6. The van der Waals surface area contributed by atoms with E-state index in [0.29, 0.717) is 29.5 Å². The van der Waals surface area contributed by atoms with E-state index >= 15 is 0 Å². The second kappa shape index (κ2) is 12.7. The highest BCUT2D eigenvalue weighted by molar-refractivity contribution is 7.99. The van der Waals surface area contributed by atoms with Crippen molar-refractivity contribution in [2.45, 2.75) is 25.7 Å². The van der Waals surface area contributed by atoms with Crippen molar-refractivity contribution in [3.05, 3.63) is 77.1 Å². The third kappa shape index (κ3) is 5.88. The summed E-state index contributed by atoms with van der Waals surface area (Å²) in [6.45, 7) is 3.26. The number of pyridine rings is 1. The van der Waals surface area contributed by atoms with Crippen LogP contribution >= 0.6 is 11.8 Å². The van der Waals surface area contributed by atoms with Gasteiger partial charge in [0, 0.05) is 60.5 Å². The Kier molecular flexibility index (Phi) is 9.12. The smallest absolute Gasteiger partial charge is 0.343 e. The Hall–Kier alpha value is -3.72. The highest BCUT2D eigenvalue weighted by Gasteiger charge is 2.32. The number of methoxy groups -OCH3 is 2. The number of carbonyl (C=O) groups is 2. The van der Waals surface area contributed by atoms with E-state index in [1.54, 1.807) is 19.1 Å². The van der Waals surface area contributed by atoms with Gasteiger partial charge in [0.1, 0.15) is 0 Å². The van der Waals surface area contributed by atoms with Gasteiger partial charge in [0.25, 0.3) is 0 Å². The number of benzene rings is 2. The van der Waals surface area contributed by atoms with Gasteiger partial charge >= 0.3 is 5.97 Å². The van der Waals surface area contributed by atoms with E-state index in [1.165, 1.54) is 26.6 Å². The molecule has 0 saturated carbocycles. The van der Waals surface area contributed by atoms with Crippen LogP contribution in [-0.4, -0.2) is 65.7 Å². The normalized spacial score (nSPS) is 14.0. The Bertz CT molecular complexity index is 1260. The summed E-state index contributed by atoms with van der Waals surface area (Å²) in [5, 5.41) is 11.5. The van der Waals surface area contributed by atoms with Gasteiger partial charge in [0.05, 0.1) is 19.8 Å². The number of phenolic OH excluding ortho intramolecular Hbond substituents is 1. The number of hydrogen-bond donors (Lipinski definition) is 1. The molecule has 4 rings (SSSR count). The number of carbonyl (C=O) groups excluding carboxylic acids is 2. The zero-order valence-electron chi connectivity index (χ0n) is 21.8. The van der Waals surface area contributed by atoms with Crippen molar-refractivity contribution in [3.8, 4) is 23.0 Å². The lowest BCUT2D eigenvalue weighted by atomic mass is 9.83. The van der Waals surface area contributed by atoms with Crippen LogP contribution in [0.2, 0.25) is 0 Å². The molecular formula is C29H32N2O6S. The predicted molar refractivity (Wildman–Crippen MR) is 147 cm³/mol. The van der Waals surface area contributed by atoms with Crippen molar-refractivity contribution >= 4 is 23.6 Å². The van der Waals surface area contributed by atoms with Crippen molar-refractivity contribution in [2.24, 2.45) is 0 Å². The van der Waals surface area contributed by atoms with E-state index in [1.807, 2.05) is 47.0 Å². The molecule has 1 unspecified atom stereocenters. The fourth-order valence-corrected chi connectivity index (χ4v) is 5.67. The molecule has 1 aliphatic rings. The first-order chi connectivity index (χ1) is 18.5. The predicted octanol–water partition coefficient (Wildman–Crippen LogP) is 4.82. The summed E-state index contributed by atoms with van der Waals surface area (Å²) >= 11 is 1.85. The van der Waals surface area contributed by atoms with E-state index < -0.39 is 5.97 Å². The summed E-state index contributed by atoms with van der Waals surface area (Å²) in [5.41, 5.74) is 2.29. The summed E-state index contributed by atoms with van der Waals surface area (Å²) in [5.74, 6) is 1.23. The van der Waals surface area contributed by atoms with Gasteiger partial charge in [0.15, 0.2) is 11.5 Å².